The Labute approximate surface area is 180 Å². The van der Waals surface area contributed by atoms with E-state index in [4.69, 9.17) is 4.74 Å². The lowest BCUT2D eigenvalue weighted by atomic mass is 9.88. The molecule has 0 unspecified atom stereocenters. The molecule has 0 spiro atoms. The smallest absolute Gasteiger partial charge is 0.256 e. The fraction of sp³-hybridized carbons (Fsp3) is 0.429. The van der Waals surface area contributed by atoms with Gasteiger partial charge < -0.3 is 10.1 Å². The maximum atomic E-state index is 12.7. The Morgan fingerprint density at radius 1 is 1.27 bits per heavy atom. The molecule has 1 atom stereocenters. The van der Waals surface area contributed by atoms with Crippen molar-refractivity contribution in [2.45, 2.75) is 31.1 Å². The molecule has 1 N–H and O–H groups in total. The van der Waals surface area contributed by atoms with Crippen LogP contribution in [0.2, 0.25) is 0 Å². The predicted molar refractivity (Wildman–Crippen MR) is 114 cm³/mol. The van der Waals surface area contributed by atoms with Gasteiger partial charge in [-0.05, 0) is 55.0 Å². The number of nitrogens with one attached hydrogen (secondary N) is 1. The van der Waals surface area contributed by atoms with Gasteiger partial charge in [0.15, 0.2) is 0 Å². The highest BCUT2D eigenvalue weighted by Gasteiger charge is 2.27. The third-order valence-electron chi connectivity index (χ3n) is 5.57. The number of benzene rings is 1. The second kappa shape index (κ2) is 8.47. The third kappa shape index (κ3) is 4.01. The van der Waals surface area contributed by atoms with Crippen LogP contribution in [0, 0.1) is 17.2 Å². The number of carbonyl (C=O) groups is 1. The first-order chi connectivity index (χ1) is 14.4. The van der Waals surface area contributed by atoms with Crippen LogP contribution in [0.5, 0.6) is 0 Å². The molecule has 1 saturated heterocycles. The second-order valence-corrected chi connectivity index (χ2v) is 10.7. The highest BCUT2D eigenvalue weighted by Crippen LogP contribution is 2.39. The zero-order valence-corrected chi connectivity index (χ0v) is 18.3. The molecular weight excluding hydrogens is 422 g/mol. The Bertz CT molecular complexity index is 1090. The first kappa shape index (κ1) is 21.0. The number of anilines is 1. The predicted octanol–water partition coefficient (Wildman–Crippen LogP) is 3.02. The van der Waals surface area contributed by atoms with Crippen LogP contribution in [0.3, 0.4) is 0 Å². The Morgan fingerprint density at radius 3 is 2.63 bits per heavy atom. The normalized spacial score (nSPS) is 19.7. The summed E-state index contributed by atoms with van der Waals surface area (Å²) in [5, 5.41) is 13.0. The van der Waals surface area contributed by atoms with Crippen LogP contribution in [0.1, 0.15) is 39.7 Å². The van der Waals surface area contributed by atoms with Crippen molar-refractivity contribution < 1.29 is 17.9 Å². The van der Waals surface area contributed by atoms with Gasteiger partial charge in [0.2, 0.25) is 10.0 Å². The van der Waals surface area contributed by atoms with Crippen molar-refractivity contribution in [2.75, 3.05) is 31.6 Å². The molecule has 1 aliphatic carbocycles. The van der Waals surface area contributed by atoms with Crippen molar-refractivity contribution in [1.29, 1.82) is 5.26 Å². The number of morpholine rings is 1. The lowest BCUT2D eigenvalue weighted by molar-refractivity contribution is 0.0730. The Morgan fingerprint density at radius 2 is 1.97 bits per heavy atom. The molecule has 30 heavy (non-hydrogen) atoms. The van der Waals surface area contributed by atoms with Gasteiger partial charge in [0.1, 0.15) is 11.1 Å². The molecule has 0 saturated carbocycles. The fourth-order valence-electron chi connectivity index (χ4n) is 3.85. The van der Waals surface area contributed by atoms with Gasteiger partial charge in [0.05, 0.1) is 23.7 Å². The van der Waals surface area contributed by atoms with Gasteiger partial charge in [-0.2, -0.15) is 9.57 Å². The van der Waals surface area contributed by atoms with E-state index in [0.29, 0.717) is 48.3 Å². The van der Waals surface area contributed by atoms with Crippen LogP contribution in [0.4, 0.5) is 5.00 Å². The Kier molecular flexibility index (Phi) is 5.93. The molecule has 9 heteroatoms. The molecule has 0 bridgehead atoms. The van der Waals surface area contributed by atoms with E-state index in [-0.39, 0.29) is 10.8 Å². The van der Waals surface area contributed by atoms with Crippen LogP contribution in [-0.4, -0.2) is 44.9 Å². The summed E-state index contributed by atoms with van der Waals surface area (Å²) in [6.07, 6.45) is 2.88. The zero-order chi connectivity index (χ0) is 21.3. The van der Waals surface area contributed by atoms with Gasteiger partial charge in [0, 0.05) is 23.5 Å². The van der Waals surface area contributed by atoms with E-state index in [1.807, 2.05) is 0 Å². The molecule has 2 heterocycles. The number of hydrogen-bond donors (Lipinski definition) is 1. The summed E-state index contributed by atoms with van der Waals surface area (Å²) in [4.78, 5) is 14.1. The average Bonchev–Trinajstić information content (AvgIpc) is 3.10. The molecule has 0 radical (unpaired) electrons. The molecule has 7 nitrogen and oxygen atoms in total. The van der Waals surface area contributed by atoms with E-state index in [0.717, 1.165) is 24.8 Å². The highest BCUT2D eigenvalue weighted by atomic mass is 32.2. The number of nitriles is 1. The first-order valence-electron chi connectivity index (χ1n) is 9.94. The highest BCUT2D eigenvalue weighted by molar-refractivity contribution is 7.89. The molecule has 1 aromatic heterocycles. The summed E-state index contributed by atoms with van der Waals surface area (Å²) in [6.45, 7) is 3.58. The fourth-order valence-corrected chi connectivity index (χ4v) is 6.45. The summed E-state index contributed by atoms with van der Waals surface area (Å²) in [7, 11) is -3.60. The van der Waals surface area contributed by atoms with Crippen molar-refractivity contribution in [1.82, 2.24) is 4.31 Å². The number of aryl methyl sites for hydroxylation is 1. The maximum absolute atomic E-state index is 12.7. The number of sulfonamides is 1. The van der Waals surface area contributed by atoms with E-state index in [1.165, 1.54) is 44.8 Å². The number of nitrogens with zero attached hydrogens (tertiary/aromatic N) is 2. The standard InChI is InChI=1S/C21H23N3O4S2/c1-14-2-7-19-17(12-14)18(13-22)21(29-19)23-20(25)15-3-5-16(6-4-15)30(26,27)24-8-10-28-11-9-24/h3-6,14H,2,7-12H2,1H3,(H,23,25)/t14-/m0/s1. The molecule has 158 valence electrons. The minimum Gasteiger partial charge on any atom is -0.379 e. The van der Waals surface area contributed by atoms with Crippen molar-refractivity contribution in [3.8, 4) is 6.07 Å². The van der Waals surface area contributed by atoms with Crippen molar-refractivity contribution >= 4 is 32.3 Å². The zero-order valence-electron chi connectivity index (χ0n) is 16.7. The van der Waals surface area contributed by atoms with Crippen LogP contribution in [0.15, 0.2) is 29.2 Å². The summed E-state index contributed by atoms with van der Waals surface area (Å²) < 4.78 is 32.0. The number of amides is 1. The number of fused-ring (bicyclic) bond motifs is 1. The number of carbonyl (C=O) groups excluding carboxylic acids is 1. The Hall–Kier alpha value is -2.25. The van der Waals surface area contributed by atoms with Gasteiger partial charge in [-0.15, -0.1) is 11.3 Å². The number of hydrogen-bond acceptors (Lipinski definition) is 6. The van der Waals surface area contributed by atoms with E-state index < -0.39 is 10.0 Å². The first-order valence-corrected chi connectivity index (χ1v) is 12.2. The van der Waals surface area contributed by atoms with Gasteiger partial charge >= 0.3 is 0 Å². The lowest BCUT2D eigenvalue weighted by Crippen LogP contribution is -2.40. The minimum atomic E-state index is -3.60. The summed E-state index contributed by atoms with van der Waals surface area (Å²) in [5.41, 5.74) is 1.96. The largest absolute Gasteiger partial charge is 0.379 e. The van der Waals surface area contributed by atoms with E-state index in [2.05, 4.69) is 18.3 Å². The van der Waals surface area contributed by atoms with Crippen LogP contribution in [0.25, 0.3) is 0 Å². The van der Waals surface area contributed by atoms with Gasteiger partial charge in [0.25, 0.3) is 5.91 Å². The molecule has 1 fully saturated rings. The quantitative estimate of drug-likeness (QED) is 0.780. The second-order valence-electron chi connectivity index (χ2n) is 7.66. The van der Waals surface area contributed by atoms with E-state index in [1.54, 1.807) is 0 Å². The Balaban J connectivity index is 1.52. The van der Waals surface area contributed by atoms with Crippen molar-refractivity contribution in [2.24, 2.45) is 5.92 Å². The number of rotatable bonds is 4. The monoisotopic (exact) mass is 445 g/mol. The third-order valence-corrected chi connectivity index (χ3v) is 8.69. The summed E-state index contributed by atoms with van der Waals surface area (Å²) >= 11 is 1.47. The van der Waals surface area contributed by atoms with Gasteiger partial charge in [-0.3, -0.25) is 4.79 Å². The minimum absolute atomic E-state index is 0.152. The maximum Gasteiger partial charge on any atom is 0.256 e. The van der Waals surface area contributed by atoms with E-state index in [9.17, 15) is 18.5 Å². The summed E-state index contributed by atoms with van der Waals surface area (Å²) in [5.74, 6) is 0.178. The molecule has 4 rings (SSSR count). The average molecular weight is 446 g/mol. The van der Waals surface area contributed by atoms with Gasteiger partial charge in [-0.25, -0.2) is 8.42 Å². The SMILES string of the molecule is C[C@H]1CCc2sc(NC(=O)c3ccc(S(=O)(=O)N4CCOCC4)cc3)c(C#N)c2C1. The van der Waals surface area contributed by atoms with Crippen LogP contribution >= 0.6 is 11.3 Å². The molecule has 1 aromatic carbocycles. The van der Waals surface area contributed by atoms with Crippen molar-refractivity contribution in [3.05, 3.63) is 45.8 Å². The molecule has 2 aromatic rings. The van der Waals surface area contributed by atoms with Crippen LogP contribution in [-0.2, 0) is 27.6 Å². The topological polar surface area (TPSA) is 99.5 Å². The lowest BCUT2D eigenvalue weighted by Gasteiger charge is -2.26. The number of ether oxygens (including phenoxy) is 1. The summed E-state index contributed by atoms with van der Waals surface area (Å²) in [6, 6.07) is 8.16. The molecule has 2 aliphatic rings. The molecule has 1 aliphatic heterocycles. The van der Waals surface area contributed by atoms with Gasteiger partial charge in [-0.1, -0.05) is 6.92 Å². The van der Waals surface area contributed by atoms with E-state index >= 15 is 0 Å². The molecule has 1 amide bonds. The van der Waals surface area contributed by atoms with Crippen LogP contribution < -0.4 is 5.32 Å². The molecular formula is C21H23N3O4S2. The van der Waals surface area contributed by atoms with Crippen molar-refractivity contribution in [3.63, 3.8) is 0 Å². The number of thiophene rings is 1.